The minimum absolute atomic E-state index is 0.108. The van der Waals surface area contributed by atoms with Gasteiger partial charge in [0.2, 0.25) is 0 Å². The van der Waals surface area contributed by atoms with Crippen LogP contribution < -0.4 is 5.56 Å². The van der Waals surface area contributed by atoms with Gasteiger partial charge in [-0.25, -0.2) is 9.78 Å². The minimum atomic E-state index is -0.518. The molecule has 0 saturated carbocycles. The average molecular weight is 406 g/mol. The first-order valence-corrected chi connectivity index (χ1v) is 8.88. The Hall–Kier alpha value is -2.15. The number of pyridine rings is 1. The van der Waals surface area contributed by atoms with Gasteiger partial charge >= 0.3 is 6.09 Å². The van der Waals surface area contributed by atoms with Gasteiger partial charge in [0.15, 0.2) is 0 Å². The van der Waals surface area contributed by atoms with Crippen LogP contribution in [0, 0.1) is 0 Å². The van der Waals surface area contributed by atoms with E-state index in [2.05, 4.69) is 20.9 Å². The number of carbonyl (C=O) groups excluding carboxylic acids is 1. The zero-order chi connectivity index (χ0) is 18.2. The first kappa shape index (κ1) is 17.7. The summed E-state index contributed by atoms with van der Waals surface area (Å²) >= 11 is 3.37. The summed E-state index contributed by atoms with van der Waals surface area (Å²) in [5, 5.41) is 0. The fraction of sp³-hybridized carbons (Fsp3) is 0.389. The van der Waals surface area contributed by atoms with Crippen molar-refractivity contribution in [2.75, 3.05) is 13.1 Å². The number of carbonyl (C=O) groups is 1. The van der Waals surface area contributed by atoms with Crippen LogP contribution in [-0.4, -0.2) is 39.1 Å². The Morgan fingerprint density at radius 2 is 2.08 bits per heavy atom. The maximum absolute atomic E-state index is 12.7. The normalized spacial score (nSPS) is 15.2. The van der Waals surface area contributed by atoms with Gasteiger partial charge in [0, 0.05) is 30.0 Å². The molecule has 0 radical (unpaired) electrons. The van der Waals surface area contributed by atoms with Crippen molar-refractivity contribution in [1.29, 1.82) is 0 Å². The molecule has 0 unspecified atom stereocenters. The molecule has 0 saturated heterocycles. The number of nitrogens with zero attached hydrogens (tertiary/aromatic N) is 3. The minimum Gasteiger partial charge on any atom is -0.444 e. The molecule has 2 aromatic rings. The average Bonchev–Trinajstić information content (AvgIpc) is 2.54. The highest BCUT2D eigenvalue weighted by Gasteiger charge is 2.24. The van der Waals surface area contributed by atoms with Crippen LogP contribution in [0.2, 0.25) is 0 Å². The molecule has 0 aliphatic carbocycles. The van der Waals surface area contributed by atoms with E-state index in [1.807, 2.05) is 32.9 Å². The zero-order valence-electron chi connectivity index (χ0n) is 14.5. The molecule has 25 heavy (non-hydrogen) atoms. The van der Waals surface area contributed by atoms with Gasteiger partial charge in [-0.15, -0.1) is 0 Å². The molecule has 0 fully saturated rings. The molecule has 0 N–H and O–H groups in total. The van der Waals surface area contributed by atoms with Crippen LogP contribution in [-0.2, 0) is 4.74 Å². The lowest BCUT2D eigenvalue weighted by atomic mass is 10.0. The van der Waals surface area contributed by atoms with Gasteiger partial charge in [0.25, 0.3) is 5.56 Å². The molecule has 132 valence electrons. The van der Waals surface area contributed by atoms with Crippen LogP contribution in [0.4, 0.5) is 4.79 Å². The Bertz CT molecular complexity index is 912. The number of halogens is 1. The Kier molecular flexibility index (Phi) is 4.69. The predicted octanol–water partition coefficient (Wildman–Crippen LogP) is 3.48. The molecule has 0 aromatic carbocycles. The largest absolute Gasteiger partial charge is 0.444 e. The quantitative estimate of drug-likeness (QED) is 0.728. The number of ether oxygens (including phenoxy) is 1. The van der Waals surface area contributed by atoms with Crippen molar-refractivity contribution in [3.05, 3.63) is 51.0 Å². The molecular formula is C18H20BrN3O3. The number of fused-ring (bicyclic) bond motifs is 1. The van der Waals surface area contributed by atoms with E-state index in [1.165, 1.54) is 4.40 Å². The van der Waals surface area contributed by atoms with Gasteiger partial charge in [0.1, 0.15) is 11.2 Å². The first-order valence-electron chi connectivity index (χ1n) is 8.09. The molecule has 1 aliphatic heterocycles. The van der Waals surface area contributed by atoms with Crippen LogP contribution in [0.25, 0.3) is 11.2 Å². The van der Waals surface area contributed by atoms with E-state index in [0.717, 1.165) is 10.0 Å². The second kappa shape index (κ2) is 6.63. The highest BCUT2D eigenvalue weighted by Crippen LogP contribution is 2.21. The summed E-state index contributed by atoms with van der Waals surface area (Å²) in [6.45, 7) is 6.47. The Labute approximate surface area is 154 Å². The summed E-state index contributed by atoms with van der Waals surface area (Å²) in [7, 11) is 0. The molecule has 1 aliphatic rings. The van der Waals surface area contributed by atoms with Gasteiger partial charge in [-0.1, -0.05) is 6.08 Å². The van der Waals surface area contributed by atoms with Gasteiger partial charge in [0.05, 0.1) is 5.56 Å². The molecule has 6 nitrogen and oxygen atoms in total. The third-order valence-corrected chi connectivity index (χ3v) is 4.34. The molecule has 0 spiro atoms. The lowest BCUT2D eigenvalue weighted by molar-refractivity contribution is 0.0270. The number of hydrogen-bond acceptors (Lipinski definition) is 4. The van der Waals surface area contributed by atoms with Crippen LogP contribution in [0.1, 0.15) is 32.8 Å². The standard InChI is InChI=1S/C18H20BrN3O3/c1-18(2,3)25-17(24)21-8-6-12(7-9-21)14-10-20-15-5-4-13(19)11-22(15)16(14)23/h4-6,10-11H,7-9H2,1-3H3. The summed E-state index contributed by atoms with van der Waals surface area (Å²) in [5.74, 6) is 0. The van der Waals surface area contributed by atoms with Gasteiger partial charge < -0.3 is 9.64 Å². The Balaban J connectivity index is 1.85. The smallest absolute Gasteiger partial charge is 0.410 e. The van der Waals surface area contributed by atoms with Gasteiger partial charge in [-0.05, 0) is 60.8 Å². The zero-order valence-corrected chi connectivity index (χ0v) is 16.0. The van der Waals surface area contributed by atoms with Gasteiger partial charge in [-0.3, -0.25) is 9.20 Å². The van der Waals surface area contributed by atoms with Crippen molar-refractivity contribution in [1.82, 2.24) is 14.3 Å². The topological polar surface area (TPSA) is 63.9 Å². The maximum atomic E-state index is 12.7. The first-order chi connectivity index (χ1) is 11.7. The summed E-state index contributed by atoms with van der Waals surface area (Å²) < 4.78 is 7.73. The number of rotatable bonds is 1. The summed E-state index contributed by atoms with van der Waals surface area (Å²) in [5.41, 5.74) is 1.45. The lowest BCUT2D eigenvalue weighted by Gasteiger charge is -2.29. The fourth-order valence-electron chi connectivity index (χ4n) is 2.68. The van der Waals surface area contributed by atoms with E-state index < -0.39 is 5.60 Å². The molecule has 2 aromatic heterocycles. The molecule has 7 heteroatoms. The summed E-state index contributed by atoms with van der Waals surface area (Å²) in [6, 6.07) is 3.63. The van der Waals surface area contributed by atoms with E-state index >= 15 is 0 Å². The number of aromatic nitrogens is 2. The van der Waals surface area contributed by atoms with Crippen LogP contribution >= 0.6 is 15.9 Å². The van der Waals surface area contributed by atoms with Crippen LogP contribution in [0.15, 0.2) is 39.9 Å². The second-order valence-electron chi connectivity index (χ2n) is 6.96. The monoisotopic (exact) mass is 405 g/mol. The molecule has 1 amide bonds. The highest BCUT2D eigenvalue weighted by atomic mass is 79.9. The fourth-order valence-corrected chi connectivity index (χ4v) is 3.01. The summed E-state index contributed by atoms with van der Waals surface area (Å²) in [6.07, 6.45) is 5.48. The highest BCUT2D eigenvalue weighted by molar-refractivity contribution is 9.10. The second-order valence-corrected chi connectivity index (χ2v) is 7.87. The Morgan fingerprint density at radius 1 is 1.32 bits per heavy atom. The molecule has 3 rings (SSSR count). The molecular weight excluding hydrogens is 386 g/mol. The van der Waals surface area contributed by atoms with E-state index in [1.54, 1.807) is 23.4 Å². The van der Waals surface area contributed by atoms with Crippen molar-refractivity contribution < 1.29 is 9.53 Å². The summed E-state index contributed by atoms with van der Waals surface area (Å²) in [4.78, 5) is 30.9. The van der Waals surface area contributed by atoms with Crippen molar-refractivity contribution in [2.24, 2.45) is 0 Å². The van der Waals surface area contributed by atoms with E-state index in [-0.39, 0.29) is 11.7 Å². The Morgan fingerprint density at radius 3 is 2.72 bits per heavy atom. The SMILES string of the molecule is CC(C)(C)OC(=O)N1CC=C(c2cnc3ccc(Br)cn3c2=O)CC1. The van der Waals surface area contributed by atoms with E-state index in [4.69, 9.17) is 4.74 Å². The third kappa shape index (κ3) is 3.92. The van der Waals surface area contributed by atoms with Crippen molar-refractivity contribution in [3.8, 4) is 0 Å². The molecule has 0 bridgehead atoms. The predicted molar refractivity (Wildman–Crippen MR) is 99.6 cm³/mol. The number of amides is 1. The van der Waals surface area contributed by atoms with E-state index in [0.29, 0.717) is 30.7 Å². The van der Waals surface area contributed by atoms with Crippen LogP contribution in [0.5, 0.6) is 0 Å². The van der Waals surface area contributed by atoms with Crippen LogP contribution in [0.3, 0.4) is 0 Å². The molecule has 0 atom stereocenters. The lowest BCUT2D eigenvalue weighted by Crippen LogP contribution is -2.39. The van der Waals surface area contributed by atoms with Gasteiger partial charge in [-0.2, -0.15) is 0 Å². The van der Waals surface area contributed by atoms with E-state index in [9.17, 15) is 9.59 Å². The van der Waals surface area contributed by atoms with Crippen molar-refractivity contribution >= 4 is 33.2 Å². The van der Waals surface area contributed by atoms with Crippen molar-refractivity contribution in [2.45, 2.75) is 32.8 Å². The number of hydrogen-bond donors (Lipinski definition) is 0. The van der Waals surface area contributed by atoms with Crippen molar-refractivity contribution in [3.63, 3.8) is 0 Å². The maximum Gasteiger partial charge on any atom is 0.410 e. The third-order valence-electron chi connectivity index (χ3n) is 3.87. The molecule has 3 heterocycles.